The van der Waals surface area contributed by atoms with Gasteiger partial charge in [-0.1, -0.05) is 11.3 Å². The summed E-state index contributed by atoms with van der Waals surface area (Å²) in [6.07, 6.45) is 4.48. The summed E-state index contributed by atoms with van der Waals surface area (Å²) in [5, 5.41) is 7.73. The average molecular weight is 256 g/mol. The van der Waals surface area contributed by atoms with Crippen molar-refractivity contribution < 1.29 is 0 Å². The van der Waals surface area contributed by atoms with Gasteiger partial charge < -0.3 is 10.3 Å². The molecule has 2 heterocycles. The van der Waals surface area contributed by atoms with E-state index in [1.165, 1.54) is 5.56 Å². The van der Waals surface area contributed by atoms with Gasteiger partial charge in [-0.25, -0.2) is 4.98 Å². The molecule has 0 aliphatic carbocycles. The predicted octanol–water partition coefficient (Wildman–Crippen LogP) is 1.61. The molecule has 0 aliphatic rings. The van der Waals surface area contributed by atoms with Gasteiger partial charge in [0, 0.05) is 19.3 Å². The summed E-state index contributed by atoms with van der Waals surface area (Å²) in [7, 11) is 0. The highest BCUT2D eigenvalue weighted by Crippen LogP contribution is 2.19. The molecule has 6 heteroatoms. The third-order valence-electron chi connectivity index (χ3n) is 3.17. The third-order valence-corrected chi connectivity index (χ3v) is 3.17. The van der Waals surface area contributed by atoms with Gasteiger partial charge in [0.05, 0.1) is 17.2 Å². The van der Waals surface area contributed by atoms with Gasteiger partial charge >= 0.3 is 0 Å². The number of aromatic nitrogens is 5. The average Bonchev–Trinajstić information content (AvgIpc) is 2.98. The molecule has 3 rings (SSSR count). The van der Waals surface area contributed by atoms with Gasteiger partial charge in [0.1, 0.15) is 0 Å². The Morgan fingerprint density at radius 1 is 1.26 bits per heavy atom. The fourth-order valence-corrected chi connectivity index (χ4v) is 2.24. The Hall–Kier alpha value is -2.37. The molecule has 0 bridgehead atoms. The van der Waals surface area contributed by atoms with Gasteiger partial charge in [-0.3, -0.25) is 4.68 Å². The smallest absolute Gasteiger partial charge is 0.201 e. The zero-order chi connectivity index (χ0) is 13.2. The van der Waals surface area contributed by atoms with Crippen molar-refractivity contribution in [2.24, 2.45) is 0 Å². The van der Waals surface area contributed by atoms with Gasteiger partial charge in [0.2, 0.25) is 5.95 Å². The summed E-state index contributed by atoms with van der Waals surface area (Å²) in [4.78, 5) is 4.40. The van der Waals surface area contributed by atoms with Crippen LogP contribution in [0.15, 0.2) is 30.6 Å². The summed E-state index contributed by atoms with van der Waals surface area (Å²) < 4.78 is 3.87. The molecular formula is C13H16N6. The van der Waals surface area contributed by atoms with Crippen molar-refractivity contribution in [3.05, 3.63) is 36.2 Å². The molecule has 0 radical (unpaired) electrons. The van der Waals surface area contributed by atoms with Crippen molar-refractivity contribution in [1.82, 2.24) is 24.5 Å². The Morgan fingerprint density at radius 3 is 2.95 bits per heavy atom. The van der Waals surface area contributed by atoms with Crippen LogP contribution in [0, 0.1) is 6.92 Å². The van der Waals surface area contributed by atoms with Gasteiger partial charge in [-0.15, -0.1) is 5.10 Å². The van der Waals surface area contributed by atoms with E-state index in [1.807, 2.05) is 15.4 Å². The maximum atomic E-state index is 5.98. The molecule has 1 aromatic carbocycles. The lowest BCUT2D eigenvalue weighted by Gasteiger charge is -2.06. The van der Waals surface area contributed by atoms with Crippen molar-refractivity contribution in [3.8, 4) is 0 Å². The lowest BCUT2D eigenvalue weighted by molar-refractivity contribution is 0.521. The number of nitrogens with two attached hydrogens (primary N) is 1. The first-order chi connectivity index (χ1) is 9.24. The SMILES string of the molecule is Cc1ccc2c(c1)nc(N)n2CCCn1ccnn1. The summed E-state index contributed by atoms with van der Waals surface area (Å²) in [5.41, 5.74) is 9.22. The Kier molecular flexibility index (Phi) is 2.91. The van der Waals surface area contributed by atoms with Crippen molar-refractivity contribution in [3.63, 3.8) is 0 Å². The normalized spacial score (nSPS) is 11.2. The predicted molar refractivity (Wildman–Crippen MR) is 73.5 cm³/mol. The standard InChI is InChI=1S/C13H16N6/c1-10-3-4-12-11(9-10)16-13(14)19(12)7-2-6-18-8-5-15-17-18/h3-5,8-9H,2,6-7H2,1H3,(H2,14,16). The van der Waals surface area contributed by atoms with Gasteiger partial charge in [0.25, 0.3) is 0 Å². The minimum absolute atomic E-state index is 0.569. The third kappa shape index (κ3) is 2.29. The van der Waals surface area contributed by atoms with Crippen LogP contribution in [-0.4, -0.2) is 24.5 Å². The number of aryl methyl sites for hydroxylation is 3. The molecule has 19 heavy (non-hydrogen) atoms. The summed E-state index contributed by atoms with van der Waals surface area (Å²) in [6.45, 7) is 3.70. The highest BCUT2D eigenvalue weighted by Gasteiger charge is 2.07. The van der Waals surface area contributed by atoms with E-state index in [2.05, 4.69) is 40.4 Å². The number of rotatable bonds is 4. The summed E-state index contributed by atoms with van der Waals surface area (Å²) in [6, 6.07) is 6.21. The Balaban J connectivity index is 1.78. The topological polar surface area (TPSA) is 74.5 Å². The first-order valence-electron chi connectivity index (χ1n) is 6.30. The Bertz CT molecular complexity index is 683. The highest BCUT2D eigenvalue weighted by atomic mass is 15.4. The second kappa shape index (κ2) is 4.72. The van der Waals surface area contributed by atoms with Crippen molar-refractivity contribution in [1.29, 1.82) is 0 Å². The van der Waals surface area contributed by atoms with Crippen molar-refractivity contribution >= 4 is 17.0 Å². The van der Waals surface area contributed by atoms with E-state index in [1.54, 1.807) is 6.20 Å². The van der Waals surface area contributed by atoms with E-state index < -0.39 is 0 Å². The molecule has 0 aliphatic heterocycles. The molecule has 3 aromatic rings. The Labute approximate surface area is 110 Å². The number of fused-ring (bicyclic) bond motifs is 1. The van der Waals surface area contributed by atoms with Crippen LogP contribution in [0.2, 0.25) is 0 Å². The first kappa shape index (κ1) is 11.7. The fourth-order valence-electron chi connectivity index (χ4n) is 2.24. The van der Waals surface area contributed by atoms with Gasteiger partial charge in [0.15, 0.2) is 0 Å². The molecule has 0 spiro atoms. The number of benzene rings is 1. The summed E-state index contributed by atoms with van der Waals surface area (Å²) >= 11 is 0. The number of hydrogen-bond donors (Lipinski definition) is 1. The summed E-state index contributed by atoms with van der Waals surface area (Å²) in [5.74, 6) is 0.569. The van der Waals surface area contributed by atoms with Crippen molar-refractivity contribution in [2.45, 2.75) is 26.4 Å². The monoisotopic (exact) mass is 256 g/mol. The van der Waals surface area contributed by atoms with Crippen LogP contribution in [0.5, 0.6) is 0 Å². The fraction of sp³-hybridized carbons (Fsp3) is 0.308. The minimum atomic E-state index is 0.569. The lowest BCUT2D eigenvalue weighted by Crippen LogP contribution is -2.07. The van der Waals surface area contributed by atoms with Crippen LogP contribution >= 0.6 is 0 Å². The lowest BCUT2D eigenvalue weighted by atomic mass is 10.2. The second-order valence-corrected chi connectivity index (χ2v) is 4.63. The molecule has 0 unspecified atom stereocenters. The van der Waals surface area contributed by atoms with Crippen LogP contribution in [0.25, 0.3) is 11.0 Å². The number of imidazole rings is 1. The first-order valence-corrected chi connectivity index (χ1v) is 6.30. The van der Waals surface area contributed by atoms with Crippen LogP contribution in [-0.2, 0) is 13.1 Å². The molecule has 2 aromatic heterocycles. The molecule has 6 nitrogen and oxygen atoms in total. The van der Waals surface area contributed by atoms with E-state index in [9.17, 15) is 0 Å². The van der Waals surface area contributed by atoms with Crippen LogP contribution in [0.4, 0.5) is 5.95 Å². The number of nitrogen functional groups attached to an aromatic ring is 1. The molecular weight excluding hydrogens is 240 g/mol. The van der Waals surface area contributed by atoms with E-state index in [0.717, 1.165) is 30.5 Å². The van der Waals surface area contributed by atoms with Crippen LogP contribution < -0.4 is 5.73 Å². The number of anilines is 1. The van der Waals surface area contributed by atoms with Crippen molar-refractivity contribution in [2.75, 3.05) is 5.73 Å². The second-order valence-electron chi connectivity index (χ2n) is 4.63. The van der Waals surface area contributed by atoms with Gasteiger partial charge in [-0.2, -0.15) is 0 Å². The molecule has 0 amide bonds. The molecule has 0 saturated heterocycles. The van der Waals surface area contributed by atoms with Crippen LogP contribution in [0.1, 0.15) is 12.0 Å². The zero-order valence-corrected chi connectivity index (χ0v) is 10.8. The Morgan fingerprint density at radius 2 is 2.16 bits per heavy atom. The van der Waals surface area contributed by atoms with E-state index >= 15 is 0 Å². The van der Waals surface area contributed by atoms with E-state index in [-0.39, 0.29) is 0 Å². The minimum Gasteiger partial charge on any atom is -0.369 e. The molecule has 0 saturated carbocycles. The maximum Gasteiger partial charge on any atom is 0.201 e. The number of hydrogen-bond acceptors (Lipinski definition) is 4. The maximum absolute atomic E-state index is 5.98. The quantitative estimate of drug-likeness (QED) is 0.769. The molecule has 98 valence electrons. The van der Waals surface area contributed by atoms with Gasteiger partial charge in [-0.05, 0) is 31.0 Å². The highest BCUT2D eigenvalue weighted by molar-refractivity contribution is 5.79. The van der Waals surface area contributed by atoms with Crippen LogP contribution in [0.3, 0.4) is 0 Å². The number of nitrogens with zero attached hydrogens (tertiary/aromatic N) is 5. The largest absolute Gasteiger partial charge is 0.369 e. The molecule has 2 N–H and O–H groups in total. The van der Waals surface area contributed by atoms with E-state index in [4.69, 9.17) is 5.73 Å². The molecule has 0 fully saturated rings. The zero-order valence-electron chi connectivity index (χ0n) is 10.8. The molecule has 0 atom stereocenters. The van der Waals surface area contributed by atoms with E-state index in [0.29, 0.717) is 5.95 Å².